The number of aromatic carboxylic acids is 1. The number of hydrogen-bond donors (Lipinski definition) is 1. The summed E-state index contributed by atoms with van der Waals surface area (Å²) in [6.07, 6.45) is -2.12. The molecule has 0 atom stereocenters. The second-order valence-electron chi connectivity index (χ2n) is 3.67. The SMILES string of the molecule is O=C(O)c1ccnc(Sc2cc(C(F)(F)F)ccn2)c1. The molecule has 2 aromatic heterocycles. The Morgan fingerprint density at radius 3 is 2.30 bits per heavy atom. The van der Waals surface area contributed by atoms with Gasteiger partial charge < -0.3 is 5.11 Å². The summed E-state index contributed by atoms with van der Waals surface area (Å²) in [6, 6.07) is 4.33. The van der Waals surface area contributed by atoms with E-state index in [0.29, 0.717) is 0 Å². The second kappa shape index (κ2) is 5.49. The van der Waals surface area contributed by atoms with Crippen LogP contribution in [-0.4, -0.2) is 21.0 Å². The molecule has 0 aliphatic rings. The minimum atomic E-state index is -4.45. The Bertz CT molecular complexity index is 647. The largest absolute Gasteiger partial charge is 0.478 e. The van der Waals surface area contributed by atoms with Crippen molar-refractivity contribution in [2.24, 2.45) is 0 Å². The summed E-state index contributed by atoms with van der Waals surface area (Å²) in [5.74, 6) is -1.13. The summed E-state index contributed by atoms with van der Waals surface area (Å²) in [6.45, 7) is 0. The Morgan fingerprint density at radius 2 is 1.70 bits per heavy atom. The molecule has 20 heavy (non-hydrogen) atoms. The first-order chi connectivity index (χ1) is 9.36. The monoisotopic (exact) mass is 300 g/mol. The highest BCUT2D eigenvalue weighted by molar-refractivity contribution is 7.99. The molecule has 0 amide bonds. The van der Waals surface area contributed by atoms with Crippen molar-refractivity contribution < 1.29 is 23.1 Å². The molecule has 0 saturated heterocycles. The Balaban J connectivity index is 2.26. The number of rotatable bonds is 3. The normalized spacial score (nSPS) is 11.3. The van der Waals surface area contributed by atoms with Crippen LogP contribution in [0.5, 0.6) is 0 Å². The van der Waals surface area contributed by atoms with Crippen molar-refractivity contribution in [1.29, 1.82) is 0 Å². The van der Waals surface area contributed by atoms with Crippen LogP contribution in [0.2, 0.25) is 0 Å². The second-order valence-corrected chi connectivity index (χ2v) is 4.71. The fourth-order valence-electron chi connectivity index (χ4n) is 1.35. The molecule has 4 nitrogen and oxygen atoms in total. The smallest absolute Gasteiger partial charge is 0.416 e. The molecule has 0 spiro atoms. The van der Waals surface area contributed by atoms with E-state index >= 15 is 0 Å². The number of carboxylic acid groups (broad SMARTS) is 1. The van der Waals surface area contributed by atoms with Crippen molar-refractivity contribution in [2.45, 2.75) is 16.2 Å². The number of alkyl halides is 3. The van der Waals surface area contributed by atoms with Crippen molar-refractivity contribution in [3.8, 4) is 0 Å². The fraction of sp³-hybridized carbons (Fsp3) is 0.0833. The van der Waals surface area contributed by atoms with Crippen LogP contribution in [0.1, 0.15) is 15.9 Å². The van der Waals surface area contributed by atoms with Crippen LogP contribution in [-0.2, 0) is 6.18 Å². The molecule has 104 valence electrons. The molecule has 8 heteroatoms. The van der Waals surface area contributed by atoms with Gasteiger partial charge in [0.1, 0.15) is 10.1 Å². The number of carbonyl (C=O) groups is 1. The number of halogens is 3. The van der Waals surface area contributed by atoms with Gasteiger partial charge in [-0.1, -0.05) is 11.8 Å². The van der Waals surface area contributed by atoms with Crippen molar-refractivity contribution in [3.63, 3.8) is 0 Å². The van der Waals surface area contributed by atoms with Crippen LogP contribution in [0.25, 0.3) is 0 Å². The molecular weight excluding hydrogens is 293 g/mol. The summed E-state index contributed by atoms with van der Waals surface area (Å²) < 4.78 is 37.6. The van der Waals surface area contributed by atoms with Gasteiger partial charge in [-0.15, -0.1) is 0 Å². The van der Waals surface area contributed by atoms with Gasteiger partial charge in [0.05, 0.1) is 11.1 Å². The minimum Gasteiger partial charge on any atom is -0.478 e. The molecule has 0 radical (unpaired) electrons. The lowest BCUT2D eigenvalue weighted by atomic mass is 10.3. The number of carboxylic acids is 1. The van der Waals surface area contributed by atoms with Crippen LogP contribution < -0.4 is 0 Å². The van der Waals surface area contributed by atoms with Gasteiger partial charge in [0.15, 0.2) is 0 Å². The fourth-order valence-corrected chi connectivity index (χ4v) is 2.16. The summed E-state index contributed by atoms with van der Waals surface area (Å²) in [7, 11) is 0. The number of nitrogens with zero attached hydrogens (tertiary/aromatic N) is 2. The lowest BCUT2D eigenvalue weighted by Gasteiger charge is -2.07. The molecule has 0 bridgehead atoms. The average Bonchev–Trinajstić information content (AvgIpc) is 2.38. The van der Waals surface area contributed by atoms with Crippen molar-refractivity contribution in [2.75, 3.05) is 0 Å². The third-order valence-corrected chi connectivity index (χ3v) is 3.12. The van der Waals surface area contributed by atoms with E-state index in [0.717, 1.165) is 30.1 Å². The first-order valence-corrected chi connectivity index (χ1v) is 6.08. The number of hydrogen-bond acceptors (Lipinski definition) is 4. The highest BCUT2D eigenvalue weighted by Gasteiger charge is 2.30. The average molecular weight is 300 g/mol. The topological polar surface area (TPSA) is 63.1 Å². The van der Waals surface area contributed by atoms with Crippen molar-refractivity contribution in [1.82, 2.24) is 9.97 Å². The first-order valence-electron chi connectivity index (χ1n) is 5.27. The van der Waals surface area contributed by atoms with Crippen LogP contribution >= 0.6 is 11.8 Å². The van der Waals surface area contributed by atoms with Gasteiger partial charge in [0.25, 0.3) is 0 Å². The lowest BCUT2D eigenvalue weighted by Crippen LogP contribution is -2.05. The molecule has 0 aromatic carbocycles. The number of aromatic nitrogens is 2. The zero-order valence-electron chi connectivity index (χ0n) is 9.76. The molecule has 1 N–H and O–H groups in total. The Hall–Kier alpha value is -2.09. The minimum absolute atomic E-state index is 0.00877. The quantitative estimate of drug-likeness (QED) is 0.942. The van der Waals surface area contributed by atoms with Crippen molar-refractivity contribution in [3.05, 3.63) is 47.8 Å². The van der Waals surface area contributed by atoms with Crippen molar-refractivity contribution >= 4 is 17.7 Å². The molecule has 2 rings (SSSR count). The van der Waals surface area contributed by atoms with Gasteiger partial charge in [0.2, 0.25) is 0 Å². The van der Waals surface area contributed by atoms with Crippen LogP contribution in [0.15, 0.2) is 46.7 Å². The van der Waals surface area contributed by atoms with Gasteiger partial charge in [-0.25, -0.2) is 14.8 Å². The molecule has 0 aliphatic heterocycles. The summed E-state index contributed by atoms with van der Waals surface area (Å²) in [5, 5.41) is 9.18. The maximum atomic E-state index is 12.5. The Kier molecular flexibility index (Phi) is 3.93. The lowest BCUT2D eigenvalue weighted by molar-refractivity contribution is -0.137. The third kappa shape index (κ3) is 3.47. The zero-order chi connectivity index (χ0) is 14.8. The maximum absolute atomic E-state index is 12.5. The van der Waals surface area contributed by atoms with Gasteiger partial charge in [0, 0.05) is 12.4 Å². The Labute approximate surface area is 115 Å². The van der Waals surface area contributed by atoms with E-state index in [1.54, 1.807) is 0 Å². The van der Waals surface area contributed by atoms with E-state index in [4.69, 9.17) is 5.11 Å². The molecule has 0 unspecified atom stereocenters. The van der Waals surface area contributed by atoms with E-state index in [-0.39, 0.29) is 15.6 Å². The first kappa shape index (κ1) is 14.3. The van der Waals surface area contributed by atoms with E-state index in [9.17, 15) is 18.0 Å². The van der Waals surface area contributed by atoms with Gasteiger partial charge >= 0.3 is 12.1 Å². The highest BCUT2D eigenvalue weighted by atomic mass is 32.2. The summed E-state index contributed by atoms with van der Waals surface area (Å²) >= 11 is 0.864. The summed E-state index contributed by atoms with van der Waals surface area (Å²) in [4.78, 5) is 18.5. The van der Waals surface area contributed by atoms with E-state index < -0.39 is 17.7 Å². The predicted molar refractivity (Wildman–Crippen MR) is 64.6 cm³/mol. The molecule has 0 fully saturated rings. The van der Waals surface area contributed by atoms with E-state index in [1.165, 1.54) is 18.3 Å². The van der Waals surface area contributed by atoms with Gasteiger partial charge in [-0.3, -0.25) is 0 Å². The standard InChI is InChI=1S/C12H7F3N2O2S/c13-12(14,15)8-2-4-17-10(6-8)20-9-5-7(11(18)19)1-3-16-9/h1-6H,(H,18,19). The van der Waals surface area contributed by atoms with E-state index in [1.807, 2.05) is 0 Å². The van der Waals surface area contributed by atoms with Crippen LogP contribution in [0.3, 0.4) is 0 Å². The van der Waals surface area contributed by atoms with Gasteiger partial charge in [-0.05, 0) is 24.3 Å². The third-order valence-electron chi connectivity index (χ3n) is 2.25. The van der Waals surface area contributed by atoms with E-state index in [2.05, 4.69) is 9.97 Å². The maximum Gasteiger partial charge on any atom is 0.416 e. The Morgan fingerprint density at radius 1 is 1.10 bits per heavy atom. The molecule has 0 aliphatic carbocycles. The predicted octanol–water partition coefficient (Wildman–Crippen LogP) is 3.34. The molecule has 2 aromatic rings. The zero-order valence-corrected chi connectivity index (χ0v) is 10.6. The molecule has 0 saturated carbocycles. The van der Waals surface area contributed by atoms with Crippen LogP contribution in [0.4, 0.5) is 13.2 Å². The van der Waals surface area contributed by atoms with Crippen LogP contribution in [0, 0.1) is 0 Å². The summed E-state index contributed by atoms with van der Waals surface area (Å²) in [5.41, 5.74) is -0.807. The molecular formula is C12H7F3N2O2S. The number of pyridine rings is 2. The van der Waals surface area contributed by atoms with Gasteiger partial charge in [-0.2, -0.15) is 13.2 Å². The molecule has 2 heterocycles. The highest BCUT2D eigenvalue weighted by Crippen LogP contribution is 2.32.